The minimum Gasteiger partial charge on any atom is -0.462 e. The van der Waals surface area contributed by atoms with Gasteiger partial charge in [0.2, 0.25) is 11.8 Å². The van der Waals surface area contributed by atoms with Crippen molar-refractivity contribution in [3.8, 4) is 0 Å². The molecule has 4 aliphatic carbocycles. The molecule has 4 amide bonds. The third-order valence-electron chi connectivity index (χ3n) is 10.3. The van der Waals surface area contributed by atoms with Crippen LogP contribution in [0.15, 0.2) is 47.4 Å². The third-order valence-corrected chi connectivity index (χ3v) is 12.7. The molecule has 226 valence electrons. The van der Waals surface area contributed by atoms with Crippen LogP contribution in [0.1, 0.15) is 87.3 Å². The first-order valence-electron chi connectivity index (χ1n) is 15.4. The number of benzene rings is 2. The van der Waals surface area contributed by atoms with Gasteiger partial charge in [-0.05, 0) is 104 Å². The van der Waals surface area contributed by atoms with Crippen molar-refractivity contribution in [2.24, 2.45) is 23.2 Å². The maximum absolute atomic E-state index is 13.4. The zero-order valence-electron chi connectivity index (χ0n) is 24.1. The van der Waals surface area contributed by atoms with Crippen LogP contribution >= 0.6 is 23.1 Å². The maximum Gasteiger partial charge on any atom is 0.338 e. The van der Waals surface area contributed by atoms with Crippen molar-refractivity contribution in [3.63, 3.8) is 0 Å². The fourth-order valence-corrected chi connectivity index (χ4v) is 11.0. The van der Waals surface area contributed by atoms with Crippen molar-refractivity contribution in [2.75, 3.05) is 6.61 Å². The Morgan fingerprint density at radius 2 is 1.73 bits per heavy atom. The number of piperidine rings is 1. The van der Waals surface area contributed by atoms with Crippen LogP contribution in [0.5, 0.6) is 0 Å². The lowest BCUT2D eigenvalue weighted by Crippen LogP contribution is -2.54. The molecule has 10 heteroatoms. The molecule has 4 bridgehead atoms. The summed E-state index contributed by atoms with van der Waals surface area (Å²) in [5.41, 5.74) is 1.33. The van der Waals surface area contributed by atoms with E-state index < -0.39 is 29.7 Å². The molecule has 0 spiro atoms. The number of thioether (sulfide) groups is 1. The summed E-state index contributed by atoms with van der Waals surface area (Å²) in [7, 11) is 0. The van der Waals surface area contributed by atoms with Gasteiger partial charge in [0.1, 0.15) is 6.04 Å². The molecular formula is C34H32N2O6S2. The van der Waals surface area contributed by atoms with Gasteiger partial charge in [-0.25, -0.2) is 4.79 Å². The van der Waals surface area contributed by atoms with E-state index in [-0.39, 0.29) is 29.8 Å². The van der Waals surface area contributed by atoms with Gasteiger partial charge in [0.25, 0.3) is 11.8 Å². The molecule has 1 aromatic heterocycles. The average Bonchev–Trinajstić information content (AvgIpc) is 3.52. The number of nitrogens with zero attached hydrogens (tertiary/aromatic N) is 1. The maximum atomic E-state index is 13.4. The molecule has 6 aliphatic rings. The van der Waals surface area contributed by atoms with Crippen LogP contribution < -0.4 is 5.32 Å². The Morgan fingerprint density at radius 1 is 0.977 bits per heavy atom. The molecular weight excluding hydrogens is 597 g/mol. The van der Waals surface area contributed by atoms with Crippen LogP contribution in [0.3, 0.4) is 0 Å². The second-order valence-electron chi connectivity index (χ2n) is 13.4. The molecule has 1 atom stereocenters. The smallest absolute Gasteiger partial charge is 0.338 e. The number of hydrogen-bond donors (Lipinski definition) is 1. The highest BCUT2D eigenvalue weighted by Gasteiger charge is 2.51. The lowest BCUT2D eigenvalue weighted by Gasteiger charge is -2.56. The summed E-state index contributed by atoms with van der Waals surface area (Å²) in [4.78, 5) is 66.5. The third kappa shape index (κ3) is 4.77. The largest absolute Gasteiger partial charge is 0.462 e. The first kappa shape index (κ1) is 28.0. The average molecular weight is 629 g/mol. The van der Waals surface area contributed by atoms with Crippen LogP contribution in [-0.2, 0) is 20.1 Å². The summed E-state index contributed by atoms with van der Waals surface area (Å²) in [6.07, 6.45) is 7.92. The topological polar surface area (TPSA) is 110 Å². The lowest BCUT2D eigenvalue weighted by atomic mass is 9.50. The Labute approximate surface area is 262 Å². The minimum atomic E-state index is -0.992. The van der Waals surface area contributed by atoms with Crippen molar-refractivity contribution in [2.45, 2.75) is 68.1 Å². The standard InChI is InChI=1S/C34H32N2O6S2/c37-28-7-5-25(30(38)35-28)36-31(39)24-2-1-3-27(29(24)32(36)40)43-16-23-12-22-11-21(4-6-26(22)44-23)33(41)42-17-34-13-18-8-19(14-34)10-20(9-18)15-34/h1-4,6,11-12,18-20,25H,5,7-10,13-17H2,(H,35,37,38). The summed E-state index contributed by atoms with van der Waals surface area (Å²) in [5, 5.41) is 3.21. The Morgan fingerprint density at radius 3 is 2.45 bits per heavy atom. The number of ether oxygens (including phenoxy) is 1. The first-order valence-corrected chi connectivity index (χ1v) is 17.2. The number of hydrogen-bond acceptors (Lipinski definition) is 8. The zero-order chi connectivity index (χ0) is 30.2. The van der Waals surface area contributed by atoms with E-state index in [9.17, 15) is 24.0 Å². The Bertz CT molecular complexity index is 1730. The molecule has 44 heavy (non-hydrogen) atoms. The Kier molecular flexibility index (Phi) is 6.71. The van der Waals surface area contributed by atoms with Crippen LogP contribution in [0.4, 0.5) is 0 Å². The normalized spacial score (nSPS) is 29.0. The van der Waals surface area contributed by atoms with E-state index in [0.717, 1.165) is 37.6 Å². The van der Waals surface area contributed by atoms with Gasteiger partial charge in [-0.15, -0.1) is 23.1 Å². The van der Waals surface area contributed by atoms with E-state index in [2.05, 4.69) is 11.4 Å². The van der Waals surface area contributed by atoms with Gasteiger partial charge in [0.05, 0.1) is 23.3 Å². The van der Waals surface area contributed by atoms with E-state index in [1.54, 1.807) is 23.5 Å². The number of fused-ring (bicyclic) bond motifs is 2. The highest BCUT2D eigenvalue weighted by molar-refractivity contribution is 7.98. The molecule has 1 saturated heterocycles. The fourth-order valence-electron chi connectivity index (χ4n) is 8.82. The molecule has 2 aromatic carbocycles. The molecule has 9 rings (SSSR count). The molecule has 1 N–H and O–H groups in total. The van der Waals surface area contributed by atoms with Crippen LogP contribution in [0.25, 0.3) is 10.1 Å². The summed E-state index contributed by atoms with van der Waals surface area (Å²) < 4.78 is 7.02. The van der Waals surface area contributed by atoms with Crippen LogP contribution in [0, 0.1) is 23.2 Å². The van der Waals surface area contributed by atoms with Crippen LogP contribution in [0.2, 0.25) is 0 Å². The van der Waals surface area contributed by atoms with Crippen LogP contribution in [-0.4, -0.2) is 47.1 Å². The second kappa shape index (κ2) is 10.5. The van der Waals surface area contributed by atoms with Gasteiger partial charge in [0, 0.05) is 32.1 Å². The number of amides is 4. The summed E-state index contributed by atoms with van der Waals surface area (Å²) in [6, 6.07) is 12.0. The van der Waals surface area contributed by atoms with Gasteiger partial charge in [-0.1, -0.05) is 6.07 Å². The Balaban J connectivity index is 0.946. The number of thiophene rings is 1. The van der Waals surface area contributed by atoms with Gasteiger partial charge in [-0.3, -0.25) is 29.4 Å². The minimum absolute atomic E-state index is 0.0822. The molecule has 0 radical (unpaired) electrons. The van der Waals surface area contributed by atoms with E-state index in [1.165, 1.54) is 50.3 Å². The van der Waals surface area contributed by atoms with Gasteiger partial charge >= 0.3 is 5.97 Å². The summed E-state index contributed by atoms with van der Waals surface area (Å²) >= 11 is 3.09. The first-order chi connectivity index (χ1) is 21.2. The Hall–Kier alpha value is -3.50. The number of esters is 1. The van der Waals surface area contributed by atoms with E-state index >= 15 is 0 Å². The number of nitrogens with one attached hydrogen (secondary N) is 1. The summed E-state index contributed by atoms with van der Waals surface area (Å²) in [5.74, 6) is 0.738. The number of carbonyl (C=O) groups excluding carboxylic acids is 5. The van der Waals surface area contributed by atoms with Crippen molar-refractivity contribution in [1.82, 2.24) is 10.2 Å². The highest BCUT2D eigenvalue weighted by Crippen LogP contribution is 2.60. The number of imide groups is 2. The molecule has 3 aromatic rings. The molecule has 8 nitrogen and oxygen atoms in total. The van der Waals surface area contributed by atoms with Crippen molar-refractivity contribution in [3.05, 3.63) is 64.0 Å². The van der Waals surface area contributed by atoms with Gasteiger partial charge in [-0.2, -0.15) is 0 Å². The number of rotatable bonds is 7. The van der Waals surface area contributed by atoms with Crippen molar-refractivity contribution >= 4 is 62.8 Å². The second-order valence-corrected chi connectivity index (χ2v) is 15.6. The molecule has 5 fully saturated rings. The summed E-state index contributed by atoms with van der Waals surface area (Å²) in [6.45, 7) is 0.530. The molecule has 2 aliphatic heterocycles. The van der Waals surface area contributed by atoms with Crippen molar-refractivity contribution < 1.29 is 28.7 Å². The SMILES string of the molecule is O=C1CCC(N2C(=O)c3cccc(SCc4cc5cc(C(=O)OCC67CC8CC(CC(C8)C6)C7)ccc5s4)c3C2=O)C(=O)N1. The highest BCUT2D eigenvalue weighted by atomic mass is 32.2. The fraction of sp³-hybridized carbons (Fsp3) is 0.441. The van der Waals surface area contributed by atoms with Crippen molar-refractivity contribution in [1.29, 1.82) is 0 Å². The predicted octanol–water partition coefficient (Wildman–Crippen LogP) is 5.97. The molecule has 4 saturated carbocycles. The van der Waals surface area contributed by atoms with Gasteiger partial charge in [0.15, 0.2) is 0 Å². The quantitative estimate of drug-likeness (QED) is 0.195. The number of carbonyl (C=O) groups is 5. The lowest BCUT2D eigenvalue weighted by molar-refractivity contribution is -0.136. The monoisotopic (exact) mass is 628 g/mol. The van der Waals surface area contributed by atoms with E-state index in [1.807, 2.05) is 24.3 Å². The predicted molar refractivity (Wildman–Crippen MR) is 165 cm³/mol. The van der Waals surface area contributed by atoms with Gasteiger partial charge < -0.3 is 4.74 Å². The van der Waals surface area contributed by atoms with E-state index in [0.29, 0.717) is 28.4 Å². The molecule has 3 heterocycles. The molecule has 1 unspecified atom stereocenters. The zero-order valence-corrected chi connectivity index (χ0v) is 25.8. The van der Waals surface area contributed by atoms with E-state index in [4.69, 9.17) is 4.74 Å².